The Morgan fingerprint density at radius 3 is 1.73 bits per heavy atom. The lowest BCUT2D eigenvalue weighted by molar-refractivity contribution is -0.147. The Labute approximate surface area is 210 Å². The molecular weight excluding hydrogens is 494 g/mol. The minimum absolute atomic E-state index is 0.165. The number of benzene rings is 1. The molecule has 15 heteroatoms. The number of aliphatic carboxylic acids is 3. The third-order valence-corrected chi connectivity index (χ3v) is 4.96. The van der Waals surface area contributed by atoms with Crippen LogP contribution in [0.3, 0.4) is 0 Å². The van der Waals surface area contributed by atoms with Crippen LogP contribution in [0.2, 0.25) is 0 Å². The van der Waals surface area contributed by atoms with Crippen LogP contribution < -0.4 is 27.4 Å². The minimum atomic E-state index is -1.81. The summed E-state index contributed by atoms with van der Waals surface area (Å²) >= 11 is 0. The number of hydrogen-bond acceptors (Lipinski definition) is 8. The Kier molecular flexibility index (Phi) is 12.2. The van der Waals surface area contributed by atoms with E-state index in [0.717, 1.165) is 0 Å². The van der Waals surface area contributed by atoms with E-state index in [-0.39, 0.29) is 19.3 Å². The standard InChI is InChI=1S/C22H29N5O10/c23-12(6-7-16(24)28)19(33)25-14(9-17(29)30)21(35)26-13(8-11-4-2-1-3-5-11)20(34)27-15(22(36)37)10-18(31)32/h1-5,12-15H,6-10,23H2,(H2,24,28)(H,25,33)(H,26,35)(H,27,34)(H,29,30)(H,31,32)(H,36,37). The molecule has 1 aromatic carbocycles. The molecule has 0 spiro atoms. The molecular formula is C22H29N5O10. The lowest BCUT2D eigenvalue weighted by Crippen LogP contribution is -2.58. The van der Waals surface area contributed by atoms with E-state index in [1.165, 1.54) is 0 Å². The van der Waals surface area contributed by atoms with Gasteiger partial charge in [-0.05, 0) is 12.0 Å². The van der Waals surface area contributed by atoms with Crippen LogP contribution >= 0.6 is 0 Å². The normalized spacial score (nSPS) is 13.8. The van der Waals surface area contributed by atoms with Crippen LogP contribution in [0, 0.1) is 0 Å². The average molecular weight is 523 g/mol. The first kappa shape index (κ1) is 30.5. The molecule has 202 valence electrons. The number of hydrogen-bond donors (Lipinski definition) is 8. The Morgan fingerprint density at radius 1 is 0.730 bits per heavy atom. The summed E-state index contributed by atoms with van der Waals surface area (Å²) in [7, 11) is 0. The molecule has 0 aromatic heterocycles. The van der Waals surface area contributed by atoms with Gasteiger partial charge in [0.2, 0.25) is 23.6 Å². The van der Waals surface area contributed by atoms with Gasteiger partial charge in [0.05, 0.1) is 18.9 Å². The Morgan fingerprint density at radius 2 is 1.22 bits per heavy atom. The van der Waals surface area contributed by atoms with Crippen molar-refractivity contribution in [1.29, 1.82) is 0 Å². The number of amides is 4. The van der Waals surface area contributed by atoms with E-state index >= 15 is 0 Å². The summed E-state index contributed by atoms with van der Waals surface area (Å²) in [6.45, 7) is 0. The van der Waals surface area contributed by atoms with Crippen LogP contribution in [-0.4, -0.2) is 81.0 Å². The van der Waals surface area contributed by atoms with Gasteiger partial charge in [0.25, 0.3) is 0 Å². The van der Waals surface area contributed by atoms with Crippen LogP contribution in [0.5, 0.6) is 0 Å². The summed E-state index contributed by atoms with van der Waals surface area (Å²) in [6.07, 6.45) is -2.40. The highest BCUT2D eigenvalue weighted by molar-refractivity contribution is 5.96. The summed E-state index contributed by atoms with van der Waals surface area (Å²) in [5.74, 6) is -8.40. The second-order valence-corrected chi connectivity index (χ2v) is 8.02. The lowest BCUT2D eigenvalue weighted by atomic mass is 10.0. The minimum Gasteiger partial charge on any atom is -0.481 e. The van der Waals surface area contributed by atoms with Crippen LogP contribution in [0.15, 0.2) is 30.3 Å². The number of primary amides is 1. The van der Waals surface area contributed by atoms with Gasteiger partial charge < -0.3 is 42.7 Å². The van der Waals surface area contributed by atoms with Crippen molar-refractivity contribution in [2.45, 2.75) is 56.3 Å². The fourth-order valence-corrected chi connectivity index (χ4v) is 3.07. The van der Waals surface area contributed by atoms with Gasteiger partial charge in [-0.1, -0.05) is 30.3 Å². The maximum atomic E-state index is 12.9. The molecule has 0 aliphatic heterocycles. The Hall–Kier alpha value is -4.53. The lowest BCUT2D eigenvalue weighted by Gasteiger charge is -2.24. The second-order valence-electron chi connectivity index (χ2n) is 8.02. The highest BCUT2D eigenvalue weighted by Gasteiger charge is 2.32. The van der Waals surface area contributed by atoms with Crippen molar-refractivity contribution < 1.29 is 48.9 Å². The number of carboxylic acid groups (broad SMARTS) is 3. The van der Waals surface area contributed by atoms with Crippen molar-refractivity contribution in [3.63, 3.8) is 0 Å². The second kappa shape index (κ2) is 14.8. The molecule has 4 amide bonds. The molecule has 0 fully saturated rings. The number of nitrogens with two attached hydrogens (primary N) is 2. The van der Waals surface area contributed by atoms with Crippen LogP contribution in [-0.2, 0) is 40.0 Å². The van der Waals surface area contributed by atoms with Crippen molar-refractivity contribution in [3.8, 4) is 0 Å². The van der Waals surface area contributed by atoms with E-state index in [9.17, 15) is 43.8 Å². The van der Waals surface area contributed by atoms with Gasteiger partial charge in [0.1, 0.15) is 18.1 Å². The molecule has 4 unspecified atom stereocenters. The number of rotatable bonds is 16. The maximum Gasteiger partial charge on any atom is 0.326 e. The molecule has 4 atom stereocenters. The SMILES string of the molecule is NC(=O)CCC(N)C(=O)NC(CC(=O)O)C(=O)NC(Cc1ccccc1)C(=O)NC(CC(=O)O)C(=O)O. The largest absolute Gasteiger partial charge is 0.481 e. The summed E-state index contributed by atoms with van der Waals surface area (Å²) in [5.41, 5.74) is 11.2. The van der Waals surface area contributed by atoms with Gasteiger partial charge >= 0.3 is 17.9 Å². The first-order chi connectivity index (χ1) is 17.3. The van der Waals surface area contributed by atoms with Crippen molar-refractivity contribution in [2.24, 2.45) is 11.5 Å². The van der Waals surface area contributed by atoms with Crippen molar-refractivity contribution >= 4 is 41.5 Å². The van der Waals surface area contributed by atoms with Gasteiger partial charge in [0.15, 0.2) is 0 Å². The van der Waals surface area contributed by atoms with E-state index in [1.54, 1.807) is 30.3 Å². The summed E-state index contributed by atoms with van der Waals surface area (Å²) < 4.78 is 0. The zero-order chi connectivity index (χ0) is 28.1. The maximum absolute atomic E-state index is 12.9. The topological polar surface area (TPSA) is 268 Å². The van der Waals surface area contributed by atoms with E-state index in [4.69, 9.17) is 16.6 Å². The third-order valence-electron chi connectivity index (χ3n) is 4.96. The van der Waals surface area contributed by atoms with Crippen molar-refractivity contribution in [1.82, 2.24) is 16.0 Å². The number of carboxylic acids is 3. The molecule has 10 N–H and O–H groups in total. The van der Waals surface area contributed by atoms with Crippen LogP contribution in [0.25, 0.3) is 0 Å². The predicted molar refractivity (Wildman–Crippen MR) is 124 cm³/mol. The zero-order valence-electron chi connectivity index (χ0n) is 19.6. The Bertz CT molecular complexity index is 1020. The summed E-state index contributed by atoms with van der Waals surface area (Å²) in [5, 5.41) is 33.8. The molecule has 0 radical (unpaired) electrons. The molecule has 37 heavy (non-hydrogen) atoms. The quantitative estimate of drug-likeness (QED) is 0.110. The predicted octanol–water partition coefficient (Wildman–Crippen LogP) is -2.69. The van der Waals surface area contributed by atoms with Gasteiger partial charge in [-0.25, -0.2) is 4.79 Å². The summed E-state index contributed by atoms with van der Waals surface area (Å²) in [4.78, 5) is 82.6. The third kappa shape index (κ3) is 11.6. The van der Waals surface area contributed by atoms with E-state index < -0.39 is 78.5 Å². The fraction of sp³-hybridized carbons (Fsp3) is 0.409. The van der Waals surface area contributed by atoms with E-state index in [1.807, 2.05) is 5.32 Å². The van der Waals surface area contributed by atoms with Crippen molar-refractivity contribution in [3.05, 3.63) is 35.9 Å². The smallest absolute Gasteiger partial charge is 0.326 e. The molecule has 0 aliphatic carbocycles. The fourth-order valence-electron chi connectivity index (χ4n) is 3.07. The number of carbonyl (C=O) groups is 7. The van der Waals surface area contributed by atoms with Gasteiger partial charge in [-0.15, -0.1) is 0 Å². The molecule has 0 saturated carbocycles. The molecule has 0 saturated heterocycles. The first-order valence-corrected chi connectivity index (χ1v) is 11.0. The van der Waals surface area contributed by atoms with E-state index in [2.05, 4.69) is 10.6 Å². The number of carbonyl (C=O) groups excluding carboxylic acids is 4. The van der Waals surface area contributed by atoms with Gasteiger partial charge in [-0.2, -0.15) is 0 Å². The van der Waals surface area contributed by atoms with E-state index in [0.29, 0.717) is 5.56 Å². The molecule has 0 heterocycles. The molecule has 15 nitrogen and oxygen atoms in total. The van der Waals surface area contributed by atoms with Gasteiger partial charge in [0, 0.05) is 12.8 Å². The average Bonchev–Trinajstić information content (AvgIpc) is 2.80. The molecule has 0 aliphatic rings. The Balaban J connectivity index is 3.11. The monoisotopic (exact) mass is 523 g/mol. The molecule has 1 rings (SSSR count). The van der Waals surface area contributed by atoms with Crippen LogP contribution in [0.4, 0.5) is 0 Å². The molecule has 1 aromatic rings. The van der Waals surface area contributed by atoms with Gasteiger partial charge in [-0.3, -0.25) is 28.8 Å². The van der Waals surface area contributed by atoms with Crippen molar-refractivity contribution in [2.75, 3.05) is 0 Å². The summed E-state index contributed by atoms with van der Waals surface area (Å²) in [6, 6.07) is 1.91. The zero-order valence-corrected chi connectivity index (χ0v) is 19.6. The van der Waals surface area contributed by atoms with Crippen LogP contribution in [0.1, 0.15) is 31.2 Å². The molecule has 0 bridgehead atoms. The highest BCUT2D eigenvalue weighted by atomic mass is 16.4. The number of nitrogens with one attached hydrogen (secondary N) is 3. The highest BCUT2D eigenvalue weighted by Crippen LogP contribution is 2.07. The first-order valence-electron chi connectivity index (χ1n) is 11.0.